The Kier molecular flexibility index (Phi) is 3.70. The molecule has 0 saturated carbocycles. The molecule has 3 heteroatoms. The molecule has 0 fully saturated rings. The maximum Gasteiger partial charge on any atom is 0.123 e. The van der Waals surface area contributed by atoms with Crippen LogP contribution in [0.4, 0.5) is 15.8 Å². The van der Waals surface area contributed by atoms with Crippen molar-refractivity contribution in [2.24, 2.45) is 0 Å². The van der Waals surface area contributed by atoms with Crippen molar-refractivity contribution >= 4 is 22.3 Å². The van der Waals surface area contributed by atoms with Crippen LogP contribution < -0.4 is 5.32 Å². The van der Waals surface area contributed by atoms with Gasteiger partial charge in [-0.2, -0.15) is 0 Å². The van der Waals surface area contributed by atoms with Crippen LogP contribution in [0.5, 0.6) is 0 Å². The Bertz CT molecular complexity index is 840. The number of pyridine rings is 1. The molecule has 2 nitrogen and oxygen atoms in total. The van der Waals surface area contributed by atoms with Gasteiger partial charge in [0, 0.05) is 16.8 Å². The topological polar surface area (TPSA) is 24.9 Å². The first-order chi connectivity index (χ1) is 11.3. The van der Waals surface area contributed by atoms with Crippen LogP contribution in [0.15, 0.2) is 48.5 Å². The third kappa shape index (κ3) is 2.79. The number of hydrogen-bond donors (Lipinski definition) is 1. The highest BCUT2D eigenvalue weighted by Gasteiger charge is 2.17. The fourth-order valence-corrected chi connectivity index (χ4v) is 3.37. The van der Waals surface area contributed by atoms with E-state index >= 15 is 0 Å². The molecule has 2 aromatic carbocycles. The van der Waals surface area contributed by atoms with E-state index in [9.17, 15) is 4.39 Å². The molecule has 3 aromatic rings. The average Bonchev–Trinajstić information content (AvgIpc) is 2.82. The summed E-state index contributed by atoms with van der Waals surface area (Å²) < 4.78 is 13.2. The molecule has 0 atom stereocenters. The van der Waals surface area contributed by atoms with Crippen molar-refractivity contribution in [2.45, 2.75) is 32.1 Å². The van der Waals surface area contributed by atoms with E-state index in [2.05, 4.69) is 17.4 Å². The Morgan fingerprint density at radius 2 is 1.65 bits per heavy atom. The maximum absolute atomic E-state index is 13.2. The van der Waals surface area contributed by atoms with Gasteiger partial charge in [0.25, 0.3) is 0 Å². The number of halogens is 1. The van der Waals surface area contributed by atoms with Gasteiger partial charge in [-0.05, 0) is 61.6 Å². The molecule has 1 heterocycles. The normalized spacial score (nSPS) is 14.3. The summed E-state index contributed by atoms with van der Waals surface area (Å²) >= 11 is 0. The van der Waals surface area contributed by atoms with Gasteiger partial charge in [-0.15, -0.1) is 0 Å². The minimum absolute atomic E-state index is 0.214. The molecule has 1 aromatic heterocycles. The molecule has 4 rings (SSSR count). The van der Waals surface area contributed by atoms with Crippen molar-refractivity contribution in [3.63, 3.8) is 0 Å². The molecule has 0 bridgehead atoms. The summed E-state index contributed by atoms with van der Waals surface area (Å²) in [5.74, 6) is -0.214. The van der Waals surface area contributed by atoms with Crippen LogP contribution in [0.2, 0.25) is 0 Å². The van der Waals surface area contributed by atoms with Crippen molar-refractivity contribution < 1.29 is 4.39 Å². The zero-order valence-corrected chi connectivity index (χ0v) is 13.0. The first-order valence-electron chi connectivity index (χ1n) is 8.24. The zero-order valence-electron chi connectivity index (χ0n) is 13.0. The van der Waals surface area contributed by atoms with Crippen molar-refractivity contribution in [3.05, 3.63) is 65.6 Å². The lowest BCUT2D eigenvalue weighted by atomic mass is 10.0. The maximum atomic E-state index is 13.2. The van der Waals surface area contributed by atoms with Crippen LogP contribution in [0, 0.1) is 5.82 Å². The first kappa shape index (κ1) is 14.2. The predicted octanol–water partition coefficient (Wildman–Crippen LogP) is 5.39. The first-order valence-corrected chi connectivity index (χ1v) is 8.24. The number of fused-ring (bicyclic) bond motifs is 2. The summed E-state index contributed by atoms with van der Waals surface area (Å²) in [6, 6.07) is 14.8. The summed E-state index contributed by atoms with van der Waals surface area (Å²) in [4.78, 5) is 4.89. The number of aromatic nitrogens is 1. The predicted molar refractivity (Wildman–Crippen MR) is 92.7 cm³/mol. The Morgan fingerprint density at radius 3 is 2.52 bits per heavy atom. The molecule has 1 N–H and O–H groups in total. The average molecular weight is 306 g/mol. The van der Waals surface area contributed by atoms with Gasteiger partial charge in [-0.1, -0.05) is 24.6 Å². The minimum Gasteiger partial charge on any atom is -0.355 e. The molecule has 0 aliphatic heterocycles. The molecular weight excluding hydrogens is 287 g/mol. The van der Waals surface area contributed by atoms with Crippen LogP contribution in [-0.4, -0.2) is 4.98 Å². The van der Waals surface area contributed by atoms with Crippen molar-refractivity contribution in [2.75, 3.05) is 5.32 Å². The summed E-state index contributed by atoms with van der Waals surface area (Å²) in [6.07, 6.45) is 5.75. The monoisotopic (exact) mass is 306 g/mol. The minimum atomic E-state index is -0.214. The van der Waals surface area contributed by atoms with Gasteiger partial charge >= 0.3 is 0 Å². The second-order valence-electron chi connectivity index (χ2n) is 6.12. The van der Waals surface area contributed by atoms with E-state index in [0.29, 0.717) is 0 Å². The lowest BCUT2D eigenvalue weighted by Gasteiger charge is -2.17. The molecule has 0 amide bonds. The zero-order chi connectivity index (χ0) is 15.6. The van der Waals surface area contributed by atoms with E-state index in [1.54, 1.807) is 12.1 Å². The third-order valence-electron chi connectivity index (χ3n) is 4.53. The van der Waals surface area contributed by atoms with E-state index < -0.39 is 0 Å². The lowest BCUT2D eigenvalue weighted by molar-refractivity contribution is 0.628. The van der Waals surface area contributed by atoms with Crippen LogP contribution in [0.25, 0.3) is 10.9 Å². The number of benzene rings is 2. The highest BCUT2D eigenvalue weighted by atomic mass is 19.1. The van der Waals surface area contributed by atoms with Crippen LogP contribution >= 0.6 is 0 Å². The standard InChI is InChI=1S/C20H19FN2/c21-14-10-12-15(13-11-14)22-20-16-6-2-1-3-8-18(16)23-19-9-5-4-7-17(19)20/h4-5,7,9-13H,1-3,6,8H2,(H,22,23). The highest BCUT2D eigenvalue weighted by molar-refractivity contribution is 5.95. The molecule has 1 aliphatic rings. The van der Waals surface area contributed by atoms with Crippen molar-refractivity contribution in [3.8, 4) is 0 Å². The Balaban J connectivity index is 1.88. The Morgan fingerprint density at radius 1 is 0.870 bits per heavy atom. The molecule has 0 saturated heterocycles. The van der Waals surface area contributed by atoms with Crippen molar-refractivity contribution in [1.82, 2.24) is 4.98 Å². The number of aryl methyl sites for hydroxylation is 1. The lowest BCUT2D eigenvalue weighted by Crippen LogP contribution is -2.03. The molecular formula is C20H19FN2. The van der Waals surface area contributed by atoms with Crippen LogP contribution in [-0.2, 0) is 12.8 Å². The van der Waals surface area contributed by atoms with E-state index in [0.717, 1.165) is 35.1 Å². The van der Waals surface area contributed by atoms with E-state index in [1.807, 2.05) is 12.1 Å². The number of para-hydroxylation sites is 1. The molecule has 0 unspecified atom stereocenters. The van der Waals surface area contributed by atoms with Gasteiger partial charge in [0.05, 0.1) is 11.2 Å². The van der Waals surface area contributed by atoms with Crippen molar-refractivity contribution in [1.29, 1.82) is 0 Å². The molecule has 0 spiro atoms. The van der Waals surface area contributed by atoms with Gasteiger partial charge in [0.2, 0.25) is 0 Å². The van der Waals surface area contributed by atoms with E-state index in [1.165, 1.54) is 42.7 Å². The number of nitrogens with one attached hydrogen (secondary N) is 1. The second-order valence-corrected chi connectivity index (χ2v) is 6.12. The largest absolute Gasteiger partial charge is 0.355 e. The van der Waals surface area contributed by atoms with Gasteiger partial charge in [-0.3, -0.25) is 4.98 Å². The van der Waals surface area contributed by atoms with E-state index in [4.69, 9.17) is 4.98 Å². The van der Waals surface area contributed by atoms with Crippen LogP contribution in [0.3, 0.4) is 0 Å². The van der Waals surface area contributed by atoms with Crippen LogP contribution in [0.1, 0.15) is 30.5 Å². The number of anilines is 2. The molecule has 1 aliphatic carbocycles. The summed E-state index contributed by atoms with van der Waals surface area (Å²) in [7, 11) is 0. The molecule has 116 valence electrons. The number of nitrogens with zero attached hydrogens (tertiary/aromatic N) is 1. The van der Waals surface area contributed by atoms with Gasteiger partial charge in [0.1, 0.15) is 5.82 Å². The summed E-state index contributed by atoms with van der Waals surface area (Å²) in [5.41, 5.74) is 5.61. The van der Waals surface area contributed by atoms with Gasteiger partial charge < -0.3 is 5.32 Å². The summed E-state index contributed by atoms with van der Waals surface area (Å²) in [5, 5.41) is 4.66. The fourth-order valence-electron chi connectivity index (χ4n) is 3.37. The SMILES string of the molecule is Fc1ccc(Nc2c3c(nc4ccccc24)CCCCC3)cc1. The Labute approximate surface area is 135 Å². The third-order valence-corrected chi connectivity index (χ3v) is 4.53. The number of hydrogen-bond acceptors (Lipinski definition) is 2. The fraction of sp³-hybridized carbons (Fsp3) is 0.250. The van der Waals surface area contributed by atoms with Gasteiger partial charge in [0.15, 0.2) is 0 Å². The van der Waals surface area contributed by atoms with E-state index in [-0.39, 0.29) is 5.82 Å². The highest BCUT2D eigenvalue weighted by Crippen LogP contribution is 2.34. The Hall–Kier alpha value is -2.42. The molecule has 23 heavy (non-hydrogen) atoms. The quantitative estimate of drug-likeness (QED) is 0.642. The summed E-state index contributed by atoms with van der Waals surface area (Å²) in [6.45, 7) is 0. The van der Waals surface area contributed by atoms with Gasteiger partial charge in [-0.25, -0.2) is 4.39 Å². The second kappa shape index (κ2) is 5.99. The number of rotatable bonds is 2. The molecule has 0 radical (unpaired) electrons. The smallest absolute Gasteiger partial charge is 0.123 e.